The number of hydrogen-bond acceptors (Lipinski definition) is 2. The van der Waals surface area contributed by atoms with Crippen LogP contribution in [0.1, 0.15) is 0 Å². The van der Waals surface area contributed by atoms with Gasteiger partial charge in [-0.05, 0) is 67.8 Å². The van der Waals surface area contributed by atoms with E-state index in [2.05, 4.69) is 241 Å². The van der Waals surface area contributed by atoms with Crippen molar-refractivity contribution in [1.82, 2.24) is 0 Å². The molecule has 0 unspecified atom stereocenters. The van der Waals surface area contributed by atoms with E-state index in [1.54, 1.807) is 0 Å². The van der Waals surface area contributed by atoms with Gasteiger partial charge in [-0.1, -0.05) is 206 Å². The van der Waals surface area contributed by atoms with Gasteiger partial charge >= 0.3 is 0 Å². The van der Waals surface area contributed by atoms with Crippen LogP contribution in [0.3, 0.4) is 0 Å². The van der Waals surface area contributed by atoms with E-state index in [0.717, 1.165) is 55.7 Å². The van der Waals surface area contributed by atoms with Crippen LogP contribution in [0.4, 0.5) is 17.1 Å². The predicted molar refractivity (Wildman–Crippen MR) is 243 cm³/mol. The van der Waals surface area contributed by atoms with Crippen molar-refractivity contribution in [2.45, 2.75) is 0 Å². The molecule has 0 atom stereocenters. The third-order valence-corrected chi connectivity index (χ3v) is 16.0. The molecule has 0 saturated heterocycles. The number of para-hydroxylation sites is 2. The number of benzene rings is 9. The van der Waals surface area contributed by atoms with Crippen LogP contribution in [0.15, 0.2) is 241 Å². The van der Waals surface area contributed by atoms with E-state index in [4.69, 9.17) is 4.42 Å². The van der Waals surface area contributed by atoms with Gasteiger partial charge in [-0.15, -0.1) is 0 Å². The first kappa shape index (κ1) is 34.3. The summed E-state index contributed by atoms with van der Waals surface area (Å²) in [6.07, 6.45) is 0. The Morgan fingerprint density at radius 3 is 1.35 bits per heavy atom. The van der Waals surface area contributed by atoms with Crippen LogP contribution in [0.2, 0.25) is 0 Å². The molecule has 0 aliphatic carbocycles. The summed E-state index contributed by atoms with van der Waals surface area (Å²) in [5.74, 6) is 0. The smallest absolute Gasteiger partial charge is 0.179 e. The molecule has 0 radical (unpaired) electrons. The van der Waals surface area contributed by atoms with Crippen molar-refractivity contribution in [3.63, 3.8) is 0 Å². The Balaban J connectivity index is 1.20. The quantitative estimate of drug-likeness (QED) is 0.108. The number of hydrogen-bond donors (Lipinski definition) is 0. The maximum Gasteiger partial charge on any atom is 0.179 e. The van der Waals surface area contributed by atoms with Gasteiger partial charge in [-0.25, -0.2) is 0 Å². The van der Waals surface area contributed by atoms with Crippen LogP contribution in [0.5, 0.6) is 0 Å². The maximum atomic E-state index is 7.02. The predicted octanol–water partition coefficient (Wildman–Crippen LogP) is 11.8. The minimum atomic E-state index is -2.71. The molecule has 0 aliphatic heterocycles. The van der Waals surface area contributed by atoms with Gasteiger partial charge in [0.2, 0.25) is 0 Å². The zero-order chi connectivity index (χ0) is 38.0. The van der Waals surface area contributed by atoms with Gasteiger partial charge in [-0.2, -0.15) is 0 Å². The number of fused-ring (bicyclic) bond motifs is 3. The molecule has 2 nitrogen and oxygen atoms in total. The molecule has 1 heterocycles. The van der Waals surface area contributed by atoms with Crippen LogP contribution < -0.4 is 25.6 Å². The van der Waals surface area contributed by atoms with Gasteiger partial charge in [0.15, 0.2) is 13.7 Å². The minimum absolute atomic E-state index is 0.853. The first-order chi connectivity index (χ1) is 28.3. The van der Waals surface area contributed by atoms with E-state index in [1.165, 1.54) is 26.3 Å². The Hall–Kier alpha value is -7.20. The lowest BCUT2D eigenvalue weighted by molar-refractivity contribution is 0.670. The standard InChI is InChI=1S/C54H39NOSi/c1-6-19-40(20-7-1)42-23-16-24-44(39-42)55(52-34-18-33-51-50-32-17-31-49(53(50)56-54(51)52)41-21-8-2-9-22-41)43-35-37-48(38-36-43)57(45-25-10-3-11-26-45,46-27-12-4-13-28-46)47-29-14-5-15-30-47/h1-39H. The molecule has 0 N–H and O–H groups in total. The average molecular weight is 746 g/mol. The number of nitrogens with zero attached hydrogens (tertiary/aromatic N) is 1. The fourth-order valence-corrected chi connectivity index (χ4v) is 13.4. The summed E-state index contributed by atoms with van der Waals surface area (Å²) < 4.78 is 7.02. The molecule has 0 bridgehead atoms. The average Bonchev–Trinajstić information content (AvgIpc) is 3.69. The summed E-state index contributed by atoms with van der Waals surface area (Å²) in [5.41, 5.74) is 9.38. The lowest BCUT2D eigenvalue weighted by atomic mass is 10.0. The molecule has 270 valence electrons. The summed E-state index contributed by atoms with van der Waals surface area (Å²) >= 11 is 0. The van der Waals surface area contributed by atoms with Crippen LogP contribution in [-0.4, -0.2) is 8.07 Å². The molecular weight excluding hydrogens is 707 g/mol. The second-order valence-electron chi connectivity index (χ2n) is 14.5. The maximum absolute atomic E-state index is 7.02. The summed E-state index contributed by atoms with van der Waals surface area (Å²) in [5, 5.41) is 7.56. The largest absolute Gasteiger partial charge is 0.453 e. The van der Waals surface area contributed by atoms with Gasteiger partial charge < -0.3 is 9.32 Å². The molecule has 0 amide bonds. The fourth-order valence-electron chi connectivity index (χ4n) is 8.63. The number of anilines is 3. The van der Waals surface area contributed by atoms with Gasteiger partial charge in [0.05, 0.1) is 5.69 Å². The molecule has 0 spiro atoms. The summed E-state index contributed by atoms with van der Waals surface area (Å²) in [6.45, 7) is 0. The molecule has 10 aromatic rings. The lowest BCUT2D eigenvalue weighted by Gasteiger charge is -2.35. The Labute approximate surface area is 334 Å². The van der Waals surface area contributed by atoms with Gasteiger partial charge in [0, 0.05) is 27.7 Å². The Morgan fingerprint density at radius 1 is 0.316 bits per heavy atom. The zero-order valence-corrected chi connectivity index (χ0v) is 32.4. The highest BCUT2D eigenvalue weighted by atomic mass is 28.3. The zero-order valence-electron chi connectivity index (χ0n) is 31.4. The van der Waals surface area contributed by atoms with Crippen molar-refractivity contribution in [3.8, 4) is 22.3 Å². The Bertz CT molecular complexity index is 2830. The topological polar surface area (TPSA) is 16.4 Å². The Kier molecular flexibility index (Phi) is 8.90. The van der Waals surface area contributed by atoms with Crippen molar-refractivity contribution in [1.29, 1.82) is 0 Å². The van der Waals surface area contributed by atoms with Crippen LogP contribution in [-0.2, 0) is 0 Å². The normalized spacial score (nSPS) is 11.5. The van der Waals surface area contributed by atoms with E-state index in [1.807, 2.05) is 0 Å². The third kappa shape index (κ3) is 6.06. The SMILES string of the molecule is c1ccc(-c2cccc(N(c3ccc([Si](c4ccccc4)(c4ccccc4)c4ccccc4)cc3)c3cccc4c3oc3c(-c5ccccc5)cccc34)c2)cc1. The van der Waals surface area contributed by atoms with Crippen molar-refractivity contribution < 1.29 is 4.42 Å². The molecule has 57 heavy (non-hydrogen) atoms. The molecule has 0 saturated carbocycles. The second kappa shape index (κ2) is 14.8. The summed E-state index contributed by atoms with van der Waals surface area (Å²) in [6, 6.07) is 85.6. The summed E-state index contributed by atoms with van der Waals surface area (Å²) in [7, 11) is -2.71. The molecule has 3 heteroatoms. The molecule has 1 aromatic heterocycles. The second-order valence-corrected chi connectivity index (χ2v) is 18.3. The molecule has 0 aliphatic rings. The van der Waals surface area contributed by atoms with Gasteiger partial charge in [-0.3, -0.25) is 0 Å². The van der Waals surface area contributed by atoms with E-state index in [9.17, 15) is 0 Å². The Morgan fingerprint density at radius 2 is 0.772 bits per heavy atom. The van der Waals surface area contributed by atoms with E-state index >= 15 is 0 Å². The molecule has 9 aromatic carbocycles. The molecule has 10 rings (SSSR count). The van der Waals surface area contributed by atoms with Crippen LogP contribution in [0.25, 0.3) is 44.2 Å². The minimum Gasteiger partial charge on any atom is -0.453 e. The van der Waals surface area contributed by atoms with Crippen molar-refractivity contribution in [2.75, 3.05) is 4.90 Å². The van der Waals surface area contributed by atoms with E-state index < -0.39 is 8.07 Å². The number of rotatable bonds is 9. The van der Waals surface area contributed by atoms with Crippen LogP contribution in [0, 0.1) is 0 Å². The van der Waals surface area contributed by atoms with Crippen molar-refractivity contribution in [3.05, 3.63) is 237 Å². The first-order valence-corrected chi connectivity index (χ1v) is 21.5. The van der Waals surface area contributed by atoms with Gasteiger partial charge in [0.25, 0.3) is 0 Å². The molecule has 0 fully saturated rings. The molecular formula is C54H39NOSi. The van der Waals surface area contributed by atoms with E-state index in [-0.39, 0.29) is 0 Å². The highest BCUT2D eigenvalue weighted by Gasteiger charge is 2.41. The van der Waals surface area contributed by atoms with Gasteiger partial charge in [0.1, 0.15) is 5.58 Å². The monoisotopic (exact) mass is 745 g/mol. The summed E-state index contributed by atoms with van der Waals surface area (Å²) in [4.78, 5) is 2.36. The highest BCUT2D eigenvalue weighted by Crippen LogP contribution is 2.44. The third-order valence-electron chi connectivity index (χ3n) is 11.2. The van der Waals surface area contributed by atoms with E-state index in [0.29, 0.717) is 0 Å². The van der Waals surface area contributed by atoms with Crippen molar-refractivity contribution >= 4 is 67.8 Å². The first-order valence-electron chi connectivity index (χ1n) is 19.5. The number of furan rings is 1. The van der Waals surface area contributed by atoms with Crippen LogP contribution >= 0.6 is 0 Å². The fraction of sp³-hybridized carbons (Fsp3) is 0. The highest BCUT2D eigenvalue weighted by molar-refractivity contribution is 7.19. The van der Waals surface area contributed by atoms with Crippen molar-refractivity contribution in [2.24, 2.45) is 0 Å². The lowest BCUT2D eigenvalue weighted by Crippen LogP contribution is -2.74.